The number of hydrogen-bond acceptors (Lipinski definition) is 1. The zero-order valence-corrected chi connectivity index (χ0v) is 9.68. The molecular formula is C13H17FN2. The molecule has 0 aliphatic carbocycles. The van der Waals surface area contributed by atoms with E-state index in [2.05, 4.69) is 24.1 Å². The van der Waals surface area contributed by atoms with Crippen LogP contribution >= 0.6 is 0 Å². The fraction of sp³-hybridized carbons (Fsp3) is 0.385. The van der Waals surface area contributed by atoms with Gasteiger partial charge < -0.3 is 10.3 Å². The van der Waals surface area contributed by atoms with Gasteiger partial charge in [0.25, 0.3) is 0 Å². The van der Waals surface area contributed by atoms with Crippen LogP contribution in [0.25, 0.3) is 10.9 Å². The Kier molecular flexibility index (Phi) is 3.25. The number of H-pyrrole nitrogens is 1. The van der Waals surface area contributed by atoms with E-state index >= 15 is 0 Å². The standard InChI is InChI=1S/C13H17FN2/c1-9(2)7-15-8-11-6-10-4-3-5-12(14)13(10)16-11/h3-6,9,15-16H,7-8H2,1-2H3. The lowest BCUT2D eigenvalue weighted by Gasteiger charge is -2.05. The summed E-state index contributed by atoms with van der Waals surface area (Å²) in [6.07, 6.45) is 0. The molecule has 1 heterocycles. The van der Waals surface area contributed by atoms with E-state index in [0.717, 1.165) is 24.2 Å². The molecule has 3 heteroatoms. The van der Waals surface area contributed by atoms with Crippen molar-refractivity contribution in [3.8, 4) is 0 Å². The quantitative estimate of drug-likeness (QED) is 0.814. The van der Waals surface area contributed by atoms with Crippen molar-refractivity contribution in [1.82, 2.24) is 10.3 Å². The van der Waals surface area contributed by atoms with Crippen molar-refractivity contribution in [3.05, 3.63) is 35.8 Å². The third-order valence-corrected chi connectivity index (χ3v) is 2.53. The van der Waals surface area contributed by atoms with Gasteiger partial charge in [-0.15, -0.1) is 0 Å². The first kappa shape index (κ1) is 11.1. The van der Waals surface area contributed by atoms with Crippen LogP contribution in [0.2, 0.25) is 0 Å². The zero-order chi connectivity index (χ0) is 11.5. The predicted octanol–water partition coefficient (Wildman–Crippen LogP) is 3.05. The van der Waals surface area contributed by atoms with Gasteiger partial charge in [-0.25, -0.2) is 4.39 Å². The lowest BCUT2D eigenvalue weighted by Crippen LogP contribution is -2.19. The number of para-hydroxylation sites is 1. The minimum absolute atomic E-state index is 0.187. The van der Waals surface area contributed by atoms with Crippen LogP contribution in [0.5, 0.6) is 0 Å². The van der Waals surface area contributed by atoms with E-state index in [1.807, 2.05) is 12.1 Å². The highest BCUT2D eigenvalue weighted by atomic mass is 19.1. The first-order chi connectivity index (χ1) is 7.66. The summed E-state index contributed by atoms with van der Waals surface area (Å²) in [4.78, 5) is 3.10. The van der Waals surface area contributed by atoms with Crippen molar-refractivity contribution in [2.24, 2.45) is 5.92 Å². The summed E-state index contributed by atoms with van der Waals surface area (Å²) in [6.45, 7) is 6.06. The maximum atomic E-state index is 13.4. The summed E-state index contributed by atoms with van der Waals surface area (Å²) in [5.74, 6) is 0.439. The third-order valence-electron chi connectivity index (χ3n) is 2.53. The maximum absolute atomic E-state index is 13.4. The molecule has 0 spiro atoms. The molecule has 2 rings (SSSR count). The van der Waals surface area contributed by atoms with Crippen LogP contribution in [-0.4, -0.2) is 11.5 Å². The Hall–Kier alpha value is -1.35. The number of hydrogen-bond donors (Lipinski definition) is 2. The van der Waals surface area contributed by atoms with Gasteiger partial charge in [0.2, 0.25) is 0 Å². The van der Waals surface area contributed by atoms with Crippen LogP contribution < -0.4 is 5.32 Å². The highest BCUT2D eigenvalue weighted by Gasteiger charge is 2.04. The van der Waals surface area contributed by atoms with Crippen molar-refractivity contribution < 1.29 is 4.39 Å². The van der Waals surface area contributed by atoms with Crippen LogP contribution in [-0.2, 0) is 6.54 Å². The molecule has 0 radical (unpaired) electrons. The highest BCUT2D eigenvalue weighted by molar-refractivity contribution is 5.80. The van der Waals surface area contributed by atoms with Gasteiger partial charge >= 0.3 is 0 Å². The Morgan fingerprint density at radius 1 is 1.38 bits per heavy atom. The Labute approximate surface area is 94.9 Å². The molecule has 0 amide bonds. The molecule has 2 nitrogen and oxygen atoms in total. The number of fused-ring (bicyclic) bond motifs is 1. The summed E-state index contributed by atoms with van der Waals surface area (Å²) < 4.78 is 13.4. The van der Waals surface area contributed by atoms with Crippen LogP contribution in [0.15, 0.2) is 24.3 Å². The average molecular weight is 220 g/mol. The number of aromatic nitrogens is 1. The predicted molar refractivity (Wildman–Crippen MR) is 64.8 cm³/mol. The smallest absolute Gasteiger partial charge is 0.147 e. The molecule has 0 bridgehead atoms. The summed E-state index contributed by atoms with van der Waals surface area (Å²) >= 11 is 0. The van der Waals surface area contributed by atoms with Crippen LogP contribution in [0, 0.1) is 11.7 Å². The fourth-order valence-electron chi connectivity index (χ4n) is 1.77. The Balaban J connectivity index is 2.11. The average Bonchev–Trinajstić information content (AvgIpc) is 2.61. The van der Waals surface area contributed by atoms with E-state index in [1.54, 1.807) is 6.07 Å². The molecule has 86 valence electrons. The maximum Gasteiger partial charge on any atom is 0.147 e. The van der Waals surface area contributed by atoms with Crippen molar-refractivity contribution in [3.63, 3.8) is 0 Å². The summed E-state index contributed by atoms with van der Waals surface area (Å²) in [5, 5.41) is 4.26. The van der Waals surface area contributed by atoms with Gasteiger partial charge in [0, 0.05) is 17.6 Å². The van der Waals surface area contributed by atoms with E-state index in [1.165, 1.54) is 6.07 Å². The Morgan fingerprint density at radius 3 is 2.88 bits per heavy atom. The zero-order valence-electron chi connectivity index (χ0n) is 9.68. The third kappa shape index (κ3) is 2.42. The molecule has 0 aliphatic heterocycles. The second-order valence-corrected chi connectivity index (χ2v) is 4.52. The van der Waals surface area contributed by atoms with Gasteiger partial charge in [-0.2, -0.15) is 0 Å². The van der Waals surface area contributed by atoms with Crippen molar-refractivity contribution in [2.75, 3.05) is 6.54 Å². The number of rotatable bonds is 4. The molecule has 0 aliphatic rings. The van der Waals surface area contributed by atoms with E-state index < -0.39 is 0 Å². The molecule has 0 fully saturated rings. The molecule has 1 aromatic heterocycles. The lowest BCUT2D eigenvalue weighted by molar-refractivity contribution is 0.549. The monoisotopic (exact) mass is 220 g/mol. The molecule has 0 unspecified atom stereocenters. The summed E-state index contributed by atoms with van der Waals surface area (Å²) in [7, 11) is 0. The number of benzene rings is 1. The van der Waals surface area contributed by atoms with Crippen molar-refractivity contribution >= 4 is 10.9 Å². The van der Waals surface area contributed by atoms with Crippen LogP contribution in [0.1, 0.15) is 19.5 Å². The lowest BCUT2D eigenvalue weighted by atomic mass is 10.2. The minimum atomic E-state index is -0.187. The van der Waals surface area contributed by atoms with E-state index in [0.29, 0.717) is 11.4 Å². The van der Waals surface area contributed by atoms with Gasteiger partial charge in [-0.05, 0) is 24.6 Å². The molecule has 16 heavy (non-hydrogen) atoms. The molecule has 1 aromatic carbocycles. The highest BCUT2D eigenvalue weighted by Crippen LogP contribution is 2.18. The Bertz CT molecular complexity index is 474. The van der Waals surface area contributed by atoms with Crippen molar-refractivity contribution in [2.45, 2.75) is 20.4 Å². The fourth-order valence-corrected chi connectivity index (χ4v) is 1.77. The number of aromatic amines is 1. The van der Waals surface area contributed by atoms with Crippen molar-refractivity contribution in [1.29, 1.82) is 0 Å². The minimum Gasteiger partial charge on any atom is -0.355 e. The van der Waals surface area contributed by atoms with Crippen LogP contribution in [0.3, 0.4) is 0 Å². The first-order valence-electron chi connectivity index (χ1n) is 5.63. The summed E-state index contributed by atoms with van der Waals surface area (Å²) in [5.41, 5.74) is 1.63. The van der Waals surface area contributed by atoms with Crippen LogP contribution in [0.4, 0.5) is 4.39 Å². The second kappa shape index (κ2) is 4.66. The van der Waals surface area contributed by atoms with Gasteiger partial charge in [-0.1, -0.05) is 26.0 Å². The normalized spacial score (nSPS) is 11.5. The largest absolute Gasteiger partial charge is 0.355 e. The topological polar surface area (TPSA) is 27.8 Å². The van der Waals surface area contributed by atoms with Gasteiger partial charge in [0.15, 0.2) is 0 Å². The van der Waals surface area contributed by atoms with E-state index in [9.17, 15) is 4.39 Å². The SMILES string of the molecule is CC(C)CNCc1cc2cccc(F)c2[nH]1. The number of halogens is 1. The van der Waals surface area contributed by atoms with Gasteiger partial charge in [0.05, 0.1) is 5.52 Å². The molecule has 0 saturated carbocycles. The molecule has 2 N–H and O–H groups in total. The van der Waals surface area contributed by atoms with Gasteiger partial charge in [-0.3, -0.25) is 0 Å². The Morgan fingerprint density at radius 2 is 2.19 bits per heavy atom. The second-order valence-electron chi connectivity index (χ2n) is 4.52. The molecule has 0 saturated heterocycles. The molecular weight excluding hydrogens is 203 g/mol. The van der Waals surface area contributed by atoms with E-state index in [-0.39, 0.29) is 5.82 Å². The number of nitrogens with one attached hydrogen (secondary N) is 2. The summed E-state index contributed by atoms with van der Waals surface area (Å²) in [6, 6.07) is 7.12. The van der Waals surface area contributed by atoms with Gasteiger partial charge in [0.1, 0.15) is 5.82 Å². The molecule has 0 atom stereocenters. The first-order valence-corrected chi connectivity index (χ1v) is 5.63. The molecule has 2 aromatic rings. The van der Waals surface area contributed by atoms with E-state index in [4.69, 9.17) is 0 Å².